The van der Waals surface area contributed by atoms with Crippen LogP contribution in [0.1, 0.15) is 41.6 Å². The molecule has 0 spiro atoms. The maximum atomic E-state index is 12.4. The zero-order valence-corrected chi connectivity index (χ0v) is 13.4. The van der Waals surface area contributed by atoms with Crippen molar-refractivity contribution in [3.8, 4) is 0 Å². The maximum absolute atomic E-state index is 12.4. The largest absolute Gasteiger partial charge is 0.355 e. The van der Waals surface area contributed by atoms with Crippen molar-refractivity contribution < 1.29 is 4.79 Å². The molecule has 1 aromatic heterocycles. The Kier molecular flexibility index (Phi) is 4.77. The van der Waals surface area contributed by atoms with E-state index in [-0.39, 0.29) is 17.8 Å². The molecule has 1 aliphatic rings. The van der Waals surface area contributed by atoms with E-state index in [4.69, 9.17) is 5.73 Å². The highest BCUT2D eigenvalue weighted by atomic mass is 16.2. The first-order chi connectivity index (χ1) is 9.93. The number of rotatable bonds is 4. The van der Waals surface area contributed by atoms with Crippen LogP contribution in [0.2, 0.25) is 0 Å². The molecule has 116 valence electrons. The molecule has 0 unspecified atom stereocenters. The monoisotopic (exact) mass is 291 g/mol. The van der Waals surface area contributed by atoms with E-state index in [0.29, 0.717) is 6.54 Å². The number of anilines is 1. The average Bonchev–Trinajstić information content (AvgIpc) is 2.87. The van der Waals surface area contributed by atoms with E-state index in [1.807, 2.05) is 20.8 Å². The second-order valence-electron chi connectivity index (χ2n) is 5.80. The summed E-state index contributed by atoms with van der Waals surface area (Å²) in [5.41, 5.74) is 7.86. The van der Waals surface area contributed by atoms with Gasteiger partial charge in [0.25, 0.3) is 5.91 Å². The van der Waals surface area contributed by atoms with Gasteiger partial charge in [0.1, 0.15) is 5.82 Å². The van der Waals surface area contributed by atoms with Gasteiger partial charge in [0.2, 0.25) is 5.82 Å². The van der Waals surface area contributed by atoms with Gasteiger partial charge in [-0.3, -0.25) is 4.79 Å². The standard InChI is InChI=1S/C15H25N5O/c1-5-7-19(4)15(21)13-17-11(3)10(2)14(18-13)20-8-6-12(16)9-20/h12H,5-9,16H2,1-4H3/t12-/m1/s1. The molecule has 1 aliphatic heterocycles. The van der Waals surface area contributed by atoms with E-state index in [0.717, 1.165) is 43.0 Å². The third-order valence-electron chi connectivity index (χ3n) is 3.98. The Bertz CT molecular complexity index is 531. The summed E-state index contributed by atoms with van der Waals surface area (Å²) in [5.74, 6) is 1.01. The summed E-state index contributed by atoms with van der Waals surface area (Å²) in [5, 5.41) is 0. The molecule has 2 rings (SSSR count). The summed E-state index contributed by atoms with van der Waals surface area (Å²) in [4.78, 5) is 25.1. The topological polar surface area (TPSA) is 75.4 Å². The Morgan fingerprint density at radius 1 is 1.43 bits per heavy atom. The highest BCUT2D eigenvalue weighted by Crippen LogP contribution is 2.23. The molecule has 1 saturated heterocycles. The quantitative estimate of drug-likeness (QED) is 0.899. The molecular weight excluding hydrogens is 266 g/mol. The predicted molar refractivity (Wildman–Crippen MR) is 83.6 cm³/mol. The van der Waals surface area contributed by atoms with Crippen molar-refractivity contribution in [2.45, 2.75) is 39.7 Å². The number of amides is 1. The molecule has 6 nitrogen and oxygen atoms in total. The number of nitrogens with two attached hydrogens (primary N) is 1. The van der Waals surface area contributed by atoms with E-state index < -0.39 is 0 Å². The third-order valence-corrected chi connectivity index (χ3v) is 3.98. The van der Waals surface area contributed by atoms with Crippen molar-refractivity contribution in [2.24, 2.45) is 5.73 Å². The highest BCUT2D eigenvalue weighted by Gasteiger charge is 2.25. The van der Waals surface area contributed by atoms with Crippen molar-refractivity contribution in [1.29, 1.82) is 0 Å². The molecule has 6 heteroatoms. The zero-order chi connectivity index (χ0) is 15.6. The van der Waals surface area contributed by atoms with Crippen LogP contribution in [-0.4, -0.2) is 53.5 Å². The molecule has 1 atom stereocenters. The van der Waals surface area contributed by atoms with Crippen LogP contribution in [0.15, 0.2) is 0 Å². The lowest BCUT2D eigenvalue weighted by Gasteiger charge is -2.22. The molecular formula is C15H25N5O. The number of carbonyl (C=O) groups is 1. The predicted octanol–water partition coefficient (Wildman–Crippen LogP) is 1.11. The maximum Gasteiger partial charge on any atom is 0.291 e. The number of aryl methyl sites for hydroxylation is 1. The first-order valence-corrected chi connectivity index (χ1v) is 7.55. The van der Waals surface area contributed by atoms with Gasteiger partial charge in [-0.15, -0.1) is 0 Å². The van der Waals surface area contributed by atoms with Crippen molar-refractivity contribution in [1.82, 2.24) is 14.9 Å². The molecule has 0 aliphatic carbocycles. The summed E-state index contributed by atoms with van der Waals surface area (Å²) in [7, 11) is 1.79. The summed E-state index contributed by atoms with van der Waals surface area (Å²) in [6, 6.07) is 0.182. The lowest BCUT2D eigenvalue weighted by atomic mass is 10.2. The average molecular weight is 291 g/mol. The van der Waals surface area contributed by atoms with Crippen LogP contribution >= 0.6 is 0 Å². The Morgan fingerprint density at radius 3 is 2.71 bits per heavy atom. The molecule has 1 aromatic rings. The number of carbonyl (C=O) groups excluding carboxylic acids is 1. The molecule has 21 heavy (non-hydrogen) atoms. The van der Waals surface area contributed by atoms with Crippen molar-refractivity contribution >= 4 is 11.7 Å². The van der Waals surface area contributed by atoms with Crippen LogP contribution in [0.4, 0.5) is 5.82 Å². The van der Waals surface area contributed by atoms with Crippen LogP contribution in [0.25, 0.3) is 0 Å². The van der Waals surface area contributed by atoms with Gasteiger partial charge in [0, 0.05) is 44.0 Å². The van der Waals surface area contributed by atoms with E-state index in [1.54, 1.807) is 11.9 Å². The Balaban J connectivity index is 2.32. The van der Waals surface area contributed by atoms with E-state index in [1.165, 1.54) is 0 Å². The van der Waals surface area contributed by atoms with Gasteiger partial charge < -0.3 is 15.5 Å². The normalized spacial score (nSPS) is 18.1. The van der Waals surface area contributed by atoms with E-state index in [9.17, 15) is 4.79 Å². The molecule has 2 heterocycles. The molecule has 2 N–H and O–H groups in total. The zero-order valence-electron chi connectivity index (χ0n) is 13.4. The molecule has 0 bridgehead atoms. The SMILES string of the molecule is CCCN(C)C(=O)c1nc(C)c(C)c(N2CC[C@@H](N)C2)n1. The minimum atomic E-state index is -0.121. The van der Waals surface area contributed by atoms with Gasteiger partial charge >= 0.3 is 0 Å². The molecule has 0 radical (unpaired) electrons. The smallest absolute Gasteiger partial charge is 0.291 e. The van der Waals surface area contributed by atoms with E-state index in [2.05, 4.69) is 14.9 Å². The number of nitrogens with zero attached hydrogens (tertiary/aromatic N) is 4. The van der Waals surface area contributed by atoms with Crippen molar-refractivity contribution in [3.05, 3.63) is 17.1 Å². The summed E-state index contributed by atoms with van der Waals surface area (Å²) in [6.07, 6.45) is 1.88. The Labute approximate surface area is 126 Å². The summed E-state index contributed by atoms with van der Waals surface area (Å²) >= 11 is 0. The Morgan fingerprint density at radius 2 is 2.14 bits per heavy atom. The molecule has 0 aromatic carbocycles. The van der Waals surface area contributed by atoms with Gasteiger partial charge in [-0.05, 0) is 26.7 Å². The first kappa shape index (κ1) is 15.7. The number of hydrogen-bond acceptors (Lipinski definition) is 5. The summed E-state index contributed by atoms with van der Waals surface area (Å²) < 4.78 is 0. The lowest BCUT2D eigenvalue weighted by molar-refractivity contribution is 0.0783. The third kappa shape index (κ3) is 3.32. The van der Waals surface area contributed by atoms with Gasteiger partial charge in [-0.1, -0.05) is 6.92 Å². The van der Waals surface area contributed by atoms with Gasteiger partial charge in [0.05, 0.1) is 0 Å². The first-order valence-electron chi connectivity index (χ1n) is 7.55. The second-order valence-corrected chi connectivity index (χ2v) is 5.80. The van der Waals surface area contributed by atoms with Crippen LogP contribution in [0, 0.1) is 13.8 Å². The lowest BCUT2D eigenvalue weighted by Crippen LogP contribution is -2.31. The Hall–Kier alpha value is -1.69. The van der Waals surface area contributed by atoms with Gasteiger partial charge in [-0.25, -0.2) is 9.97 Å². The molecule has 1 fully saturated rings. The van der Waals surface area contributed by atoms with Gasteiger partial charge in [0.15, 0.2) is 0 Å². The van der Waals surface area contributed by atoms with Crippen LogP contribution in [0.5, 0.6) is 0 Å². The van der Waals surface area contributed by atoms with Crippen LogP contribution in [0.3, 0.4) is 0 Å². The minimum absolute atomic E-state index is 0.121. The van der Waals surface area contributed by atoms with E-state index >= 15 is 0 Å². The van der Waals surface area contributed by atoms with Gasteiger partial charge in [-0.2, -0.15) is 0 Å². The van der Waals surface area contributed by atoms with Crippen LogP contribution < -0.4 is 10.6 Å². The second kappa shape index (κ2) is 6.39. The van der Waals surface area contributed by atoms with Crippen molar-refractivity contribution in [3.63, 3.8) is 0 Å². The fourth-order valence-electron chi connectivity index (χ4n) is 2.60. The fourth-order valence-corrected chi connectivity index (χ4v) is 2.60. The summed E-state index contributed by atoms with van der Waals surface area (Å²) in [6.45, 7) is 8.35. The van der Waals surface area contributed by atoms with Crippen LogP contribution in [-0.2, 0) is 0 Å². The number of aromatic nitrogens is 2. The highest BCUT2D eigenvalue weighted by molar-refractivity contribution is 5.90. The molecule has 1 amide bonds. The minimum Gasteiger partial charge on any atom is -0.355 e. The molecule has 0 saturated carbocycles. The fraction of sp³-hybridized carbons (Fsp3) is 0.667. The van der Waals surface area contributed by atoms with Crippen molar-refractivity contribution in [2.75, 3.05) is 31.6 Å². The number of hydrogen-bond donors (Lipinski definition) is 1.